The summed E-state index contributed by atoms with van der Waals surface area (Å²) >= 11 is 11.9. The normalized spacial score (nSPS) is 10.8. The molecule has 2 aromatic heterocycles. The molecule has 3 aromatic rings. The van der Waals surface area contributed by atoms with Gasteiger partial charge >= 0.3 is 0 Å². The zero-order valence-electron chi connectivity index (χ0n) is 12.8. The van der Waals surface area contributed by atoms with Gasteiger partial charge in [0.25, 0.3) is 5.91 Å². The van der Waals surface area contributed by atoms with E-state index >= 15 is 0 Å². The lowest BCUT2D eigenvalue weighted by molar-refractivity contribution is 0.101. The number of carbonyl (C=O) groups excluding carboxylic acids is 1. The number of nitrogens with zero attached hydrogens (tertiary/aromatic N) is 5. The number of halogens is 2. The zero-order chi connectivity index (χ0) is 17.1. The Morgan fingerprint density at radius 3 is 2.71 bits per heavy atom. The average molecular weight is 365 g/mol. The zero-order valence-corrected chi connectivity index (χ0v) is 14.3. The van der Waals surface area contributed by atoms with Gasteiger partial charge in [0.15, 0.2) is 0 Å². The minimum atomic E-state index is -0.399. The minimum absolute atomic E-state index is 0.203. The fourth-order valence-electron chi connectivity index (χ4n) is 2.19. The van der Waals surface area contributed by atoms with Gasteiger partial charge in [0.2, 0.25) is 5.95 Å². The van der Waals surface area contributed by atoms with Gasteiger partial charge in [0.05, 0.1) is 17.8 Å². The molecule has 0 aliphatic rings. The van der Waals surface area contributed by atoms with Crippen LogP contribution in [0.1, 0.15) is 23.0 Å². The molecule has 0 aliphatic carbocycles. The highest BCUT2D eigenvalue weighted by molar-refractivity contribution is 6.34. The van der Waals surface area contributed by atoms with E-state index in [2.05, 4.69) is 20.5 Å². The van der Waals surface area contributed by atoms with E-state index in [0.717, 1.165) is 5.56 Å². The van der Waals surface area contributed by atoms with Crippen molar-refractivity contribution in [2.75, 3.05) is 5.32 Å². The molecule has 3 rings (SSSR count). The van der Waals surface area contributed by atoms with Gasteiger partial charge in [-0.2, -0.15) is 5.10 Å². The molecule has 1 N–H and O–H groups in total. The third-order valence-electron chi connectivity index (χ3n) is 3.33. The van der Waals surface area contributed by atoms with Crippen LogP contribution in [0, 0.1) is 0 Å². The van der Waals surface area contributed by atoms with Crippen molar-refractivity contribution >= 4 is 35.1 Å². The molecule has 0 saturated heterocycles. The lowest BCUT2D eigenvalue weighted by atomic mass is 10.2. The number of amides is 1. The van der Waals surface area contributed by atoms with E-state index in [0.29, 0.717) is 18.1 Å². The highest BCUT2D eigenvalue weighted by atomic mass is 35.5. The number of hydrogen-bond donors (Lipinski definition) is 1. The average Bonchev–Trinajstić information content (AvgIpc) is 3.15. The molecule has 0 unspecified atom stereocenters. The summed E-state index contributed by atoms with van der Waals surface area (Å²) in [6.45, 7) is 2.93. The van der Waals surface area contributed by atoms with Crippen LogP contribution in [0.25, 0.3) is 0 Å². The number of aryl methyl sites for hydroxylation is 1. The summed E-state index contributed by atoms with van der Waals surface area (Å²) < 4.78 is 3.14. The van der Waals surface area contributed by atoms with E-state index in [1.165, 1.54) is 10.9 Å². The highest BCUT2D eigenvalue weighted by Crippen LogP contribution is 2.16. The van der Waals surface area contributed by atoms with Gasteiger partial charge in [-0.05, 0) is 24.6 Å². The number of nitrogens with one attached hydrogen (secondary N) is 1. The summed E-state index contributed by atoms with van der Waals surface area (Å²) in [6, 6.07) is 7.43. The van der Waals surface area contributed by atoms with Crippen LogP contribution in [0.15, 0.2) is 36.8 Å². The molecule has 0 radical (unpaired) electrons. The van der Waals surface area contributed by atoms with Gasteiger partial charge in [0.1, 0.15) is 12.0 Å². The van der Waals surface area contributed by atoms with Crippen LogP contribution in [0.5, 0.6) is 0 Å². The molecule has 0 spiro atoms. The third-order valence-corrected chi connectivity index (χ3v) is 3.86. The molecule has 0 saturated carbocycles. The Balaban J connectivity index is 1.70. The Morgan fingerprint density at radius 1 is 1.25 bits per heavy atom. The molecule has 0 atom stereocenters. The molecule has 0 aliphatic heterocycles. The third kappa shape index (κ3) is 3.58. The number of aromatic nitrogens is 5. The van der Waals surface area contributed by atoms with Crippen LogP contribution in [0.4, 0.5) is 5.95 Å². The molecule has 7 nitrogen and oxygen atoms in total. The van der Waals surface area contributed by atoms with Crippen molar-refractivity contribution in [2.45, 2.75) is 20.0 Å². The molecular weight excluding hydrogens is 351 g/mol. The van der Waals surface area contributed by atoms with Crippen LogP contribution in [-0.2, 0) is 13.1 Å². The maximum Gasteiger partial charge on any atom is 0.277 e. The lowest BCUT2D eigenvalue weighted by Gasteiger charge is -2.04. The largest absolute Gasteiger partial charge is 0.288 e. The predicted molar refractivity (Wildman–Crippen MR) is 91.4 cm³/mol. The predicted octanol–water partition coefficient (Wildman–Crippen LogP) is 3.10. The quantitative estimate of drug-likeness (QED) is 0.754. The number of hydrogen-bond acceptors (Lipinski definition) is 4. The monoisotopic (exact) mass is 364 g/mol. The summed E-state index contributed by atoms with van der Waals surface area (Å²) in [5.41, 5.74) is 1.31. The fourth-order valence-corrected chi connectivity index (χ4v) is 2.55. The van der Waals surface area contributed by atoms with E-state index < -0.39 is 5.91 Å². The number of benzene rings is 1. The second kappa shape index (κ2) is 7.02. The molecule has 1 aromatic carbocycles. The maximum atomic E-state index is 12.3. The van der Waals surface area contributed by atoms with E-state index in [1.54, 1.807) is 11.0 Å². The topological polar surface area (TPSA) is 77.6 Å². The summed E-state index contributed by atoms with van der Waals surface area (Å²) in [7, 11) is 0. The van der Waals surface area contributed by atoms with Gasteiger partial charge in [-0.15, -0.1) is 5.10 Å². The van der Waals surface area contributed by atoms with Gasteiger partial charge in [-0.25, -0.2) is 9.67 Å². The molecule has 9 heteroatoms. The highest BCUT2D eigenvalue weighted by Gasteiger charge is 2.18. The first kappa shape index (κ1) is 16.5. The van der Waals surface area contributed by atoms with Crippen molar-refractivity contribution in [3.8, 4) is 0 Å². The van der Waals surface area contributed by atoms with Gasteiger partial charge < -0.3 is 0 Å². The van der Waals surface area contributed by atoms with Crippen molar-refractivity contribution in [3.63, 3.8) is 0 Å². The summed E-state index contributed by atoms with van der Waals surface area (Å²) in [5.74, 6) is -0.197. The van der Waals surface area contributed by atoms with Crippen LogP contribution in [-0.4, -0.2) is 30.5 Å². The first-order valence-corrected chi connectivity index (χ1v) is 7.99. The standard InChI is InChI=1S/C15H14Cl2N6O/c1-2-23-13(12(17)7-19-23)14(24)20-15-18-9-22(21-15)8-10-3-5-11(16)6-4-10/h3-7,9H,2,8H2,1H3,(H,20,21,24). The van der Waals surface area contributed by atoms with Gasteiger partial charge in [-0.3, -0.25) is 14.8 Å². The van der Waals surface area contributed by atoms with Crippen molar-refractivity contribution in [3.05, 3.63) is 58.1 Å². The van der Waals surface area contributed by atoms with E-state index in [9.17, 15) is 4.79 Å². The number of anilines is 1. The van der Waals surface area contributed by atoms with Crippen molar-refractivity contribution in [1.29, 1.82) is 0 Å². The van der Waals surface area contributed by atoms with Gasteiger partial charge in [-0.1, -0.05) is 35.3 Å². The Bertz CT molecular complexity index is 855. The SMILES string of the molecule is CCn1ncc(Cl)c1C(=O)Nc1ncn(Cc2ccc(Cl)cc2)n1. The van der Waals surface area contributed by atoms with Crippen molar-refractivity contribution in [1.82, 2.24) is 24.5 Å². The molecular formula is C15H14Cl2N6O. The van der Waals surface area contributed by atoms with Crippen LogP contribution in [0.2, 0.25) is 10.0 Å². The minimum Gasteiger partial charge on any atom is -0.288 e. The van der Waals surface area contributed by atoms with E-state index in [4.69, 9.17) is 23.2 Å². The van der Waals surface area contributed by atoms with Crippen LogP contribution in [0.3, 0.4) is 0 Å². The lowest BCUT2D eigenvalue weighted by Crippen LogP contribution is -2.18. The van der Waals surface area contributed by atoms with E-state index in [1.807, 2.05) is 31.2 Å². The molecule has 124 valence electrons. The van der Waals surface area contributed by atoms with Crippen molar-refractivity contribution < 1.29 is 4.79 Å². The Labute approximate surface area is 148 Å². The van der Waals surface area contributed by atoms with Crippen LogP contribution < -0.4 is 5.32 Å². The molecule has 1 amide bonds. The maximum absolute atomic E-state index is 12.3. The Morgan fingerprint density at radius 2 is 2.00 bits per heavy atom. The van der Waals surface area contributed by atoms with E-state index in [-0.39, 0.29) is 16.7 Å². The summed E-state index contributed by atoms with van der Waals surface area (Å²) in [6.07, 6.45) is 2.98. The molecule has 24 heavy (non-hydrogen) atoms. The Kier molecular flexibility index (Phi) is 4.82. The number of carbonyl (C=O) groups is 1. The molecule has 0 fully saturated rings. The summed E-state index contributed by atoms with van der Waals surface area (Å²) in [4.78, 5) is 16.4. The summed E-state index contributed by atoms with van der Waals surface area (Å²) in [5, 5.41) is 11.9. The second-order valence-corrected chi connectivity index (χ2v) is 5.85. The Hall–Kier alpha value is -2.38. The fraction of sp³-hybridized carbons (Fsp3) is 0.200. The smallest absolute Gasteiger partial charge is 0.277 e. The molecule has 0 bridgehead atoms. The van der Waals surface area contributed by atoms with Crippen molar-refractivity contribution in [2.24, 2.45) is 0 Å². The van der Waals surface area contributed by atoms with Gasteiger partial charge in [0, 0.05) is 11.6 Å². The molecule has 2 heterocycles. The first-order valence-electron chi connectivity index (χ1n) is 7.23. The second-order valence-electron chi connectivity index (χ2n) is 5.00. The number of rotatable bonds is 5. The first-order chi connectivity index (χ1) is 11.6. The van der Waals surface area contributed by atoms with Crippen LogP contribution >= 0.6 is 23.2 Å².